The lowest BCUT2D eigenvalue weighted by atomic mass is 10.0. The van der Waals surface area contributed by atoms with Gasteiger partial charge in [0.05, 0.1) is 11.4 Å². The first kappa shape index (κ1) is 27.3. The lowest BCUT2D eigenvalue weighted by Crippen LogP contribution is -2.11. The van der Waals surface area contributed by atoms with Gasteiger partial charge in [0, 0.05) is 48.4 Å². The zero-order valence-corrected chi connectivity index (χ0v) is 20.3. The number of amides is 1. The highest BCUT2D eigenvalue weighted by molar-refractivity contribution is 7.14. The van der Waals surface area contributed by atoms with E-state index in [1.165, 1.54) is 11.3 Å². The number of rotatable bonds is 8. The number of aliphatic hydroxyl groups is 1. The van der Waals surface area contributed by atoms with E-state index in [0.717, 1.165) is 42.0 Å². The number of H-pyrrole nitrogens is 1. The van der Waals surface area contributed by atoms with E-state index in [0.29, 0.717) is 35.6 Å². The lowest BCUT2D eigenvalue weighted by Gasteiger charge is -2.04. The Balaban J connectivity index is 0.000000363. The van der Waals surface area contributed by atoms with E-state index in [-0.39, 0.29) is 11.6 Å². The molecule has 0 aliphatic rings. The molecule has 0 fully saturated rings. The van der Waals surface area contributed by atoms with Crippen LogP contribution >= 0.6 is 11.3 Å². The number of pyridine rings is 1. The number of hydrogen-bond acceptors (Lipinski definition) is 9. The Morgan fingerprint density at radius 2 is 2.03 bits per heavy atom. The number of carbonyl (C=O) groups excluding carboxylic acids is 3. The smallest absolute Gasteiger partial charge is 0.257 e. The van der Waals surface area contributed by atoms with Crippen LogP contribution in [0.1, 0.15) is 43.3 Å². The van der Waals surface area contributed by atoms with E-state index in [1.54, 1.807) is 36.0 Å². The minimum Gasteiger partial charge on any atom is -0.400 e. The van der Waals surface area contributed by atoms with Crippen LogP contribution in [0.2, 0.25) is 0 Å². The van der Waals surface area contributed by atoms with E-state index < -0.39 is 0 Å². The molecule has 11 heteroatoms. The number of aliphatic hydroxyl groups excluding tert-OH is 1. The van der Waals surface area contributed by atoms with E-state index in [1.807, 2.05) is 19.2 Å². The summed E-state index contributed by atoms with van der Waals surface area (Å²) in [5, 5.41) is 15.4. The lowest BCUT2D eigenvalue weighted by molar-refractivity contribution is 0.102. The first-order valence-electron chi connectivity index (χ1n) is 10.6. The largest absolute Gasteiger partial charge is 0.400 e. The molecule has 1 amide bonds. The molecule has 0 radical (unpaired) electrons. The first-order chi connectivity index (χ1) is 17.1. The van der Waals surface area contributed by atoms with Crippen LogP contribution in [0.4, 0.5) is 10.8 Å². The van der Waals surface area contributed by atoms with Gasteiger partial charge in [-0.1, -0.05) is 0 Å². The van der Waals surface area contributed by atoms with Gasteiger partial charge in [-0.3, -0.25) is 24.7 Å². The number of benzene rings is 1. The van der Waals surface area contributed by atoms with Crippen molar-refractivity contribution in [2.45, 2.75) is 12.8 Å². The van der Waals surface area contributed by atoms with Crippen molar-refractivity contribution < 1.29 is 19.5 Å². The van der Waals surface area contributed by atoms with E-state index >= 15 is 0 Å². The number of nitrogens with two attached hydrogens (primary N) is 1. The van der Waals surface area contributed by atoms with Crippen LogP contribution in [0.3, 0.4) is 0 Å². The Bertz CT molecular complexity index is 1240. The summed E-state index contributed by atoms with van der Waals surface area (Å²) in [5.41, 5.74) is 9.51. The van der Waals surface area contributed by atoms with Crippen molar-refractivity contribution in [1.29, 1.82) is 0 Å². The summed E-state index contributed by atoms with van der Waals surface area (Å²) >= 11 is 1.18. The molecular formula is C24H28N6O4S. The number of aromatic amines is 1. The summed E-state index contributed by atoms with van der Waals surface area (Å²) in [4.78, 5) is 45.3. The van der Waals surface area contributed by atoms with Crippen molar-refractivity contribution >= 4 is 51.5 Å². The predicted molar refractivity (Wildman–Crippen MR) is 138 cm³/mol. The number of carbonyl (C=O) groups is 3. The van der Waals surface area contributed by atoms with Crippen LogP contribution in [0, 0.1) is 0 Å². The highest BCUT2D eigenvalue weighted by atomic mass is 32.1. The van der Waals surface area contributed by atoms with Crippen LogP contribution in [-0.2, 0) is 6.42 Å². The van der Waals surface area contributed by atoms with Crippen molar-refractivity contribution in [3.05, 3.63) is 70.6 Å². The van der Waals surface area contributed by atoms with Gasteiger partial charge in [0.25, 0.3) is 5.91 Å². The highest BCUT2D eigenvalue weighted by Crippen LogP contribution is 2.25. The number of aldehydes is 2. The number of aryl methyl sites for hydroxylation is 1. The van der Waals surface area contributed by atoms with E-state index in [4.69, 9.17) is 10.8 Å². The maximum atomic E-state index is 12.4. The molecule has 10 nitrogen and oxygen atoms in total. The molecule has 0 bridgehead atoms. The molecular weight excluding hydrogens is 468 g/mol. The monoisotopic (exact) mass is 496 g/mol. The van der Waals surface area contributed by atoms with Crippen molar-refractivity contribution in [1.82, 2.24) is 15.0 Å². The van der Waals surface area contributed by atoms with E-state index in [9.17, 15) is 14.4 Å². The number of anilines is 2. The Hall–Kier alpha value is -3.93. The molecule has 0 unspecified atom stereocenters. The van der Waals surface area contributed by atoms with Crippen LogP contribution < -0.4 is 16.4 Å². The topological polar surface area (TPSA) is 163 Å². The average Bonchev–Trinajstić information content (AvgIpc) is 3.52. The molecule has 4 aromatic rings. The molecule has 0 atom stereocenters. The Kier molecular flexibility index (Phi) is 11.2. The third-order valence-corrected chi connectivity index (χ3v) is 5.54. The zero-order chi connectivity index (χ0) is 25.6. The van der Waals surface area contributed by atoms with Gasteiger partial charge in [-0.15, -0.1) is 11.3 Å². The fourth-order valence-corrected chi connectivity index (χ4v) is 3.79. The Labute approximate surface area is 206 Å². The summed E-state index contributed by atoms with van der Waals surface area (Å²) in [6.07, 6.45) is 6.34. The molecule has 3 aromatic heterocycles. The van der Waals surface area contributed by atoms with Crippen molar-refractivity contribution in [2.24, 2.45) is 5.73 Å². The predicted octanol–water partition coefficient (Wildman–Crippen LogP) is 3.12. The van der Waals surface area contributed by atoms with Gasteiger partial charge in [0.2, 0.25) is 0 Å². The molecule has 3 heterocycles. The molecule has 4 rings (SSSR count). The van der Waals surface area contributed by atoms with E-state index in [2.05, 4.69) is 25.6 Å². The number of fused-ring (bicyclic) bond motifs is 1. The maximum absolute atomic E-state index is 12.4. The van der Waals surface area contributed by atoms with Crippen LogP contribution in [0.5, 0.6) is 0 Å². The number of thiazole rings is 1. The minimum atomic E-state index is -0.327. The van der Waals surface area contributed by atoms with Crippen molar-refractivity contribution in [3.8, 4) is 0 Å². The zero-order valence-electron chi connectivity index (χ0n) is 19.4. The number of nitrogens with one attached hydrogen (secondary N) is 3. The van der Waals surface area contributed by atoms with Gasteiger partial charge in [-0.05, 0) is 55.3 Å². The molecule has 0 saturated heterocycles. The molecule has 0 aliphatic heterocycles. The minimum absolute atomic E-state index is 0.279. The standard InChI is InChI=1S/C17H16N4O3S.C6H8N2.CH4O/c18-5-1-2-12-13-6-10(3-4-14(13)20-15(12)8-23)16(24)21-17-19-11(7-22)9-25-17;1-7-6-3-2-4-8-5-6;1-2/h3-4,6-9,20H,1-2,5,18H2,(H,19,21,24);2-5,7H,1H3;2H,1H3. The average molecular weight is 497 g/mol. The molecule has 0 aliphatic carbocycles. The van der Waals surface area contributed by atoms with Crippen molar-refractivity contribution in [2.75, 3.05) is 31.3 Å². The normalized spacial score (nSPS) is 9.83. The maximum Gasteiger partial charge on any atom is 0.257 e. The molecule has 0 spiro atoms. The van der Waals surface area contributed by atoms with Crippen molar-refractivity contribution in [3.63, 3.8) is 0 Å². The summed E-state index contributed by atoms with van der Waals surface area (Å²) in [6, 6.07) is 9.04. The first-order valence-corrected chi connectivity index (χ1v) is 11.5. The third-order valence-electron chi connectivity index (χ3n) is 4.76. The number of aromatic nitrogens is 3. The van der Waals surface area contributed by atoms with Gasteiger partial charge in [0.15, 0.2) is 17.7 Å². The fourth-order valence-electron chi connectivity index (χ4n) is 3.14. The Morgan fingerprint density at radius 3 is 2.60 bits per heavy atom. The third kappa shape index (κ3) is 7.54. The fraction of sp³-hybridized carbons (Fsp3) is 0.208. The van der Waals surface area contributed by atoms with Gasteiger partial charge in [0.1, 0.15) is 5.69 Å². The second kappa shape index (κ2) is 14.4. The Morgan fingerprint density at radius 1 is 1.23 bits per heavy atom. The van der Waals surface area contributed by atoms with Gasteiger partial charge < -0.3 is 21.1 Å². The molecule has 35 heavy (non-hydrogen) atoms. The number of nitrogens with zero attached hydrogens (tertiary/aromatic N) is 2. The summed E-state index contributed by atoms with van der Waals surface area (Å²) in [6.45, 7) is 0.522. The molecule has 0 saturated carbocycles. The van der Waals surface area contributed by atoms with Crippen LogP contribution in [0.25, 0.3) is 10.9 Å². The summed E-state index contributed by atoms with van der Waals surface area (Å²) in [5.74, 6) is -0.327. The number of hydrogen-bond donors (Lipinski definition) is 5. The molecule has 184 valence electrons. The second-order valence-electron chi connectivity index (χ2n) is 6.93. The van der Waals surface area contributed by atoms with Crippen LogP contribution in [0.15, 0.2) is 48.1 Å². The second-order valence-corrected chi connectivity index (χ2v) is 7.79. The summed E-state index contributed by atoms with van der Waals surface area (Å²) < 4.78 is 0. The van der Waals surface area contributed by atoms with Gasteiger partial charge in [-0.25, -0.2) is 4.98 Å². The SMILES string of the molecule is CNc1cccnc1.CO.NCCCc1c(C=O)[nH]c2ccc(C(=O)Nc3nc(C=O)cs3)cc12. The molecule has 6 N–H and O–H groups in total. The quantitative estimate of drug-likeness (QED) is 0.232. The summed E-state index contributed by atoms with van der Waals surface area (Å²) in [7, 11) is 2.87. The van der Waals surface area contributed by atoms with Gasteiger partial charge in [-0.2, -0.15) is 0 Å². The highest BCUT2D eigenvalue weighted by Gasteiger charge is 2.14. The van der Waals surface area contributed by atoms with Crippen LogP contribution in [-0.4, -0.2) is 59.2 Å². The molecule has 1 aromatic carbocycles. The van der Waals surface area contributed by atoms with Gasteiger partial charge >= 0.3 is 0 Å².